The predicted octanol–water partition coefficient (Wildman–Crippen LogP) is 2.38. The van der Waals surface area contributed by atoms with Crippen LogP contribution < -0.4 is 0 Å². The molecule has 1 aromatic rings. The van der Waals surface area contributed by atoms with E-state index in [1.807, 2.05) is 0 Å². The van der Waals surface area contributed by atoms with E-state index in [4.69, 9.17) is 15.8 Å². The molecular weight excluding hydrogens is 397 g/mol. The van der Waals surface area contributed by atoms with E-state index in [0.29, 0.717) is 0 Å². The Morgan fingerprint density at radius 2 is 1.92 bits per heavy atom. The number of aliphatic imine (C=N–C) groups is 1. The molecule has 6 nitrogen and oxygen atoms in total. The van der Waals surface area contributed by atoms with Gasteiger partial charge in [-0.15, -0.1) is 0 Å². The highest BCUT2D eigenvalue weighted by Crippen LogP contribution is 2.42. The van der Waals surface area contributed by atoms with Crippen molar-refractivity contribution in [2.45, 2.75) is 22.8 Å². The number of halogens is 4. The highest BCUT2D eigenvalue weighted by atomic mass is 35.5. The number of nitrogens with zero attached hydrogens (tertiary/aromatic N) is 2. The standard InChI is InChI=1S/C15H12ClF3N2O4S/c16-10-6-7-13-20-14(22,15(17,18)19)12(21(13)8-10)9-25-26(23,24)11-4-2-1-3-5-11/h1-8,12,22H,9H2/t12-,14-/m0/s1. The van der Waals surface area contributed by atoms with Gasteiger partial charge in [-0.25, -0.2) is 4.99 Å². The van der Waals surface area contributed by atoms with Gasteiger partial charge in [0, 0.05) is 6.20 Å². The number of hydrogen-bond donors (Lipinski definition) is 1. The van der Waals surface area contributed by atoms with E-state index in [1.54, 1.807) is 6.07 Å². The summed E-state index contributed by atoms with van der Waals surface area (Å²) in [6.07, 6.45) is -1.55. The largest absolute Gasteiger partial charge is 0.440 e. The Hall–Kier alpha value is -1.88. The molecule has 3 rings (SSSR count). The first-order valence-electron chi connectivity index (χ1n) is 7.22. The maximum absolute atomic E-state index is 13.4. The van der Waals surface area contributed by atoms with E-state index in [0.717, 1.165) is 11.1 Å². The van der Waals surface area contributed by atoms with E-state index in [9.17, 15) is 26.7 Å². The minimum absolute atomic E-state index is 0.0892. The van der Waals surface area contributed by atoms with Gasteiger partial charge in [-0.05, 0) is 24.3 Å². The molecule has 2 aliphatic heterocycles. The molecular formula is C15H12ClF3N2O4S. The first kappa shape index (κ1) is 18.9. The van der Waals surface area contributed by atoms with Crippen LogP contribution in [-0.2, 0) is 14.3 Å². The average Bonchev–Trinajstić information content (AvgIpc) is 2.86. The number of amidine groups is 1. The fourth-order valence-electron chi connectivity index (χ4n) is 2.53. The Kier molecular flexibility index (Phi) is 4.63. The van der Waals surface area contributed by atoms with E-state index < -0.39 is 34.7 Å². The molecule has 26 heavy (non-hydrogen) atoms. The minimum atomic E-state index is -5.16. The molecule has 0 aromatic heterocycles. The zero-order valence-electron chi connectivity index (χ0n) is 12.9. The van der Waals surface area contributed by atoms with Crippen molar-refractivity contribution >= 4 is 27.6 Å². The molecule has 140 valence electrons. The van der Waals surface area contributed by atoms with Crippen LogP contribution in [0.2, 0.25) is 0 Å². The molecule has 0 amide bonds. The molecule has 0 saturated heterocycles. The van der Waals surface area contributed by atoms with Crippen molar-refractivity contribution in [3.05, 3.63) is 53.7 Å². The van der Waals surface area contributed by atoms with Crippen LogP contribution >= 0.6 is 11.6 Å². The molecule has 2 atom stereocenters. The van der Waals surface area contributed by atoms with Crippen LogP contribution in [0.25, 0.3) is 0 Å². The number of fused-ring (bicyclic) bond motifs is 1. The maximum Gasteiger partial charge on any atom is 0.440 e. The fraction of sp³-hybridized carbons (Fsp3) is 0.267. The predicted molar refractivity (Wildman–Crippen MR) is 86.7 cm³/mol. The van der Waals surface area contributed by atoms with E-state index in [2.05, 4.69) is 4.99 Å². The molecule has 0 radical (unpaired) electrons. The number of benzene rings is 1. The molecule has 1 aromatic carbocycles. The van der Waals surface area contributed by atoms with Crippen LogP contribution in [0.3, 0.4) is 0 Å². The second-order valence-corrected chi connectivity index (χ2v) is 7.57. The van der Waals surface area contributed by atoms with Crippen molar-refractivity contribution in [2.75, 3.05) is 6.61 Å². The van der Waals surface area contributed by atoms with Gasteiger partial charge in [0.1, 0.15) is 11.9 Å². The Balaban J connectivity index is 1.90. The summed E-state index contributed by atoms with van der Waals surface area (Å²) >= 11 is 5.80. The number of aliphatic hydroxyl groups is 1. The molecule has 0 saturated carbocycles. The normalized spacial score (nSPS) is 25.7. The van der Waals surface area contributed by atoms with Gasteiger partial charge in [0.25, 0.3) is 15.8 Å². The summed E-state index contributed by atoms with van der Waals surface area (Å²) in [4.78, 5) is 4.03. The Morgan fingerprint density at radius 3 is 2.54 bits per heavy atom. The first-order chi connectivity index (χ1) is 12.0. The van der Waals surface area contributed by atoms with Crippen molar-refractivity contribution in [3.8, 4) is 0 Å². The third-order valence-electron chi connectivity index (χ3n) is 3.83. The maximum atomic E-state index is 13.4. The van der Waals surface area contributed by atoms with Crippen LogP contribution in [0.5, 0.6) is 0 Å². The van der Waals surface area contributed by atoms with Gasteiger partial charge in [0.15, 0.2) is 0 Å². The molecule has 0 bridgehead atoms. The first-order valence-corrected chi connectivity index (χ1v) is 9.00. The summed E-state index contributed by atoms with van der Waals surface area (Å²) in [5.74, 6) is -0.208. The topological polar surface area (TPSA) is 79.2 Å². The summed E-state index contributed by atoms with van der Waals surface area (Å²) in [7, 11) is -4.32. The van der Waals surface area contributed by atoms with Crippen molar-refractivity contribution in [1.29, 1.82) is 0 Å². The molecule has 11 heteroatoms. The third-order valence-corrected chi connectivity index (χ3v) is 5.35. The number of rotatable bonds is 4. The van der Waals surface area contributed by atoms with E-state index in [-0.39, 0.29) is 15.8 Å². The van der Waals surface area contributed by atoms with Gasteiger partial charge in [0.05, 0.1) is 16.5 Å². The lowest BCUT2D eigenvalue weighted by Gasteiger charge is -2.33. The van der Waals surface area contributed by atoms with Crippen molar-refractivity contribution in [3.63, 3.8) is 0 Å². The van der Waals surface area contributed by atoms with Gasteiger partial charge >= 0.3 is 6.18 Å². The smallest absolute Gasteiger partial charge is 0.360 e. The van der Waals surface area contributed by atoms with Gasteiger partial charge in [-0.2, -0.15) is 21.6 Å². The molecule has 0 fully saturated rings. The number of alkyl halides is 3. The second kappa shape index (κ2) is 6.38. The zero-order valence-corrected chi connectivity index (χ0v) is 14.5. The quantitative estimate of drug-likeness (QED) is 0.774. The van der Waals surface area contributed by atoms with Gasteiger partial charge in [-0.3, -0.25) is 4.18 Å². The zero-order chi connectivity index (χ0) is 19.2. The van der Waals surface area contributed by atoms with Gasteiger partial charge < -0.3 is 10.0 Å². The number of hydrogen-bond acceptors (Lipinski definition) is 6. The highest BCUT2D eigenvalue weighted by Gasteiger charge is 2.64. The van der Waals surface area contributed by atoms with Crippen molar-refractivity contribution in [1.82, 2.24) is 4.90 Å². The molecule has 2 heterocycles. The van der Waals surface area contributed by atoms with Gasteiger partial charge in [0.2, 0.25) is 0 Å². The monoisotopic (exact) mass is 408 g/mol. The van der Waals surface area contributed by atoms with Crippen LogP contribution in [0.4, 0.5) is 13.2 Å². The van der Waals surface area contributed by atoms with E-state index in [1.165, 1.54) is 36.4 Å². The van der Waals surface area contributed by atoms with Crippen molar-refractivity contribution in [2.24, 2.45) is 4.99 Å². The summed E-state index contributed by atoms with van der Waals surface area (Å²) in [6, 6.07) is 5.07. The van der Waals surface area contributed by atoms with Crippen LogP contribution in [-0.4, -0.2) is 48.8 Å². The minimum Gasteiger partial charge on any atom is -0.360 e. The summed E-state index contributed by atoms with van der Waals surface area (Å²) in [5, 5.41) is 10.2. The molecule has 0 spiro atoms. The average molecular weight is 409 g/mol. The third kappa shape index (κ3) is 3.25. The lowest BCUT2D eigenvalue weighted by atomic mass is 10.1. The lowest BCUT2D eigenvalue weighted by molar-refractivity contribution is -0.268. The Morgan fingerprint density at radius 1 is 1.27 bits per heavy atom. The van der Waals surface area contributed by atoms with Crippen LogP contribution in [0, 0.1) is 0 Å². The van der Waals surface area contributed by atoms with E-state index >= 15 is 0 Å². The molecule has 2 aliphatic rings. The number of allylic oxidation sites excluding steroid dienone is 2. The van der Waals surface area contributed by atoms with Crippen LogP contribution in [0.1, 0.15) is 0 Å². The van der Waals surface area contributed by atoms with Crippen molar-refractivity contribution < 1.29 is 30.9 Å². The fourth-order valence-corrected chi connectivity index (χ4v) is 3.63. The highest BCUT2D eigenvalue weighted by molar-refractivity contribution is 7.86. The second-order valence-electron chi connectivity index (χ2n) is 5.52. The molecule has 1 N–H and O–H groups in total. The summed E-state index contributed by atoms with van der Waals surface area (Å²) in [5.41, 5.74) is -3.54. The summed E-state index contributed by atoms with van der Waals surface area (Å²) < 4.78 is 69.4. The SMILES string of the molecule is O=S(=O)(OC[C@@H]1N2C=C(Cl)C=CC2=N[C@@]1(O)C(F)(F)F)c1ccccc1. The molecule has 0 unspecified atom stereocenters. The van der Waals surface area contributed by atoms with Gasteiger partial charge in [-0.1, -0.05) is 29.8 Å². The Labute approximate surface area is 152 Å². The van der Waals surface area contributed by atoms with Crippen LogP contribution in [0.15, 0.2) is 63.6 Å². The Bertz CT molecular complexity index is 899. The lowest BCUT2D eigenvalue weighted by Crippen LogP contribution is -2.56. The summed E-state index contributed by atoms with van der Waals surface area (Å²) in [6.45, 7) is -0.991. The molecule has 0 aliphatic carbocycles.